The molecule has 0 aromatic heterocycles. The van der Waals surface area contributed by atoms with E-state index in [4.69, 9.17) is 0 Å². The van der Waals surface area contributed by atoms with Crippen molar-refractivity contribution in [3.8, 4) is 0 Å². The molecule has 2 aliphatic rings. The molecule has 2 fully saturated rings. The van der Waals surface area contributed by atoms with Gasteiger partial charge in [-0.1, -0.05) is 15.9 Å². The summed E-state index contributed by atoms with van der Waals surface area (Å²) in [5.41, 5.74) is 2.70. The van der Waals surface area contributed by atoms with Crippen LogP contribution in [0.5, 0.6) is 0 Å². The summed E-state index contributed by atoms with van der Waals surface area (Å²) >= 11 is 3.59. The minimum atomic E-state index is 0.824. The van der Waals surface area contributed by atoms with Gasteiger partial charge in [0.15, 0.2) is 0 Å². The summed E-state index contributed by atoms with van der Waals surface area (Å²) in [6.45, 7) is 5.77. The molecule has 0 amide bonds. The average Bonchev–Trinajstić information content (AvgIpc) is 3.02. The summed E-state index contributed by atoms with van der Waals surface area (Å²) in [5, 5.41) is 3.66. The van der Waals surface area contributed by atoms with E-state index in [1.165, 1.54) is 54.6 Å². The van der Waals surface area contributed by atoms with E-state index in [1.807, 2.05) is 0 Å². The molecular formula is C15H21BrN2. The van der Waals surface area contributed by atoms with Crippen molar-refractivity contribution in [2.75, 3.05) is 24.5 Å². The number of nitrogens with zero attached hydrogens (tertiary/aromatic N) is 1. The second kappa shape index (κ2) is 5.22. The molecule has 1 saturated carbocycles. The largest absolute Gasteiger partial charge is 0.371 e. The van der Waals surface area contributed by atoms with Gasteiger partial charge in [-0.3, -0.25) is 0 Å². The van der Waals surface area contributed by atoms with Crippen molar-refractivity contribution in [3.05, 3.63) is 28.2 Å². The third kappa shape index (κ3) is 3.07. The lowest BCUT2D eigenvalue weighted by Gasteiger charge is -2.20. The average molecular weight is 309 g/mol. The molecule has 3 rings (SSSR count). The Balaban J connectivity index is 1.59. The molecule has 1 aromatic rings. The second-order valence-corrected chi connectivity index (χ2v) is 6.69. The molecule has 2 nitrogen and oxygen atoms in total. The molecule has 1 atom stereocenters. The predicted octanol–water partition coefficient (Wildman–Crippen LogP) is 3.34. The normalized spacial score (nSPS) is 23.7. The molecule has 1 heterocycles. The number of anilines is 1. The number of halogens is 1. The molecule has 1 aliphatic heterocycles. The van der Waals surface area contributed by atoms with Gasteiger partial charge in [-0.2, -0.15) is 0 Å². The maximum Gasteiger partial charge on any atom is 0.0380 e. The van der Waals surface area contributed by atoms with Crippen LogP contribution in [0.25, 0.3) is 0 Å². The highest BCUT2D eigenvalue weighted by Gasteiger charge is 2.26. The van der Waals surface area contributed by atoms with Gasteiger partial charge in [0, 0.05) is 29.3 Å². The van der Waals surface area contributed by atoms with Crippen molar-refractivity contribution in [1.82, 2.24) is 5.32 Å². The van der Waals surface area contributed by atoms with Crippen molar-refractivity contribution >= 4 is 21.6 Å². The molecule has 0 bridgehead atoms. The van der Waals surface area contributed by atoms with E-state index in [0.717, 1.165) is 12.0 Å². The fourth-order valence-corrected chi connectivity index (χ4v) is 3.35. The van der Waals surface area contributed by atoms with Crippen LogP contribution in [0, 0.1) is 12.8 Å². The number of hydrogen-bond acceptors (Lipinski definition) is 2. The first-order valence-corrected chi connectivity index (χ1v) is 7.75. The summed E-state index contributed by atoms with van der Waals surface area (Å²) in [7, 11) is 0. The Bertz CT molecular complexity index is 408. The highest BCUT2D eigenvalue weighted by atomic mass is 79.9. The SMILES string of the molecule is Cc1cc(Br)cc(N2CCC(CNC3CC3)C2)c1. The Labute approximate surface area is 118 Å². The predicted molar refractivity (Wildman–Crippen MR) is 80.2 cm³/mol. The summed E-state index contributed by atoms with van der Waals surface area (Å²) in [6, 6.07) is 7.55. The van der Waals surface area contributed by atoms with Gasteiger partial charge in [0.05, 0.1) is 0 Å². The van der Waals surface area contributed by atoms with Crippen molar-refractivity contribution < 1.29 is 0 Å². The first kappa shape index (κ1) is 12.5. The minimum Gasteiger partial charge on any atom is -0.371 e. The van der Waals surface area contributed by atoms with Crippen molar-refractivity contribution in [2.24, 2.45) is 5.92 Å². The number of aryl methyl sites for hydroxylation is 1. The van der Waals surface area contributed by atoms with Crippen LogP contribution >= 0.6 is 15.9 Å². The molecule has 3 heteroatoms. The molecule has 18 heavy (non-hydrogen) atoms. The van der Waals surface area contributed by atoms with Gasteiger partial charge in [-0.05, 0) is 62.4 Å². The Morgan fingerprint density at radius 3 is 2.83 bits per heavy atom. The van der Waals surface area contributed by atoms with Gasteiger partial charge in [-0.25, -0.2) is 0 Å². The third-order valence-electron chi connectivity index (χ3n) is 3.95. The standard InChI is InChI=1S/C15H21BrN2/c1-11-6-13(16)8-15(7-11)18-5-4-12(10-18)9-17-14-2-3-14/h6-8,12,14,17H,2-5,9-10H2,1H3. The van der Waals surface area contributed by atoms with Crippen LogP contribution in [0.3, 0.4) is 0 Å². The quantitative estimate of drug-likeness (QED) is 0.918. The van der Waals surface area contributed by atoms with Gasteiger partial charge in [0.2, 0.25) is 0 Å². The topological polar surface area (TPSA) is 15.3 Å². The molecule has 0 spiro atoms. The Morgan fingerprint density at radius 2 is 2.11 bits per heavy atom. The Kier molecular flexibility index (Phi) is 3.62. The molecule has 1 unspecified atom stereocenters. The third-order valence-corrected chi connectivity index (χ3v) is 4.41. The molecule has 1 saturated heterocycles. The van der Waals surface area contributed by atoms with E-state index in [9.17, 15) is 0 Å². The molecule has 1 aromatic carbocycles. The highest BCUT2D eigenvalue weighted by molar-refractivity contribution is 9.10. The van der Waals surface area contributed by atoms with Crippen LogP contribution in [-0.4, -0.2) is 25.7 Å². The number of nitrogens with one attached hydrogen (secondary N) is 1. The maximum atomic E-state index is 3.66. The molecule has 98 valence electrons. The van der Waals surface area contributed by atoms with Gasteiger partial charge in [0.25, 0.3) is 0 Å². The fourth-order valence-electron chi connectivity index (χ4n) is 2.75. The lowest BCUT2D eigenvalue weighted by atomic mass is 10.1. The van der Waals surface area contributed by atoms with E-state index in [1.54, 1.807) is 0 Å². The van der Waals surface area contributed by atoms with E-state index in [2.05, 4.69) is 51.3 Å². The smallest absolute Gasteiger partial charge is 0.0380 e. The monoisotopic (exact) mass is 308 g/mol. The van der Waals surface area contributed by atoms with Crippen LogP contribution in [0.2, 0.25) is 0 Å². The van der Waals surface area contributed by atoms with Crippen molar-refractivity contribution in [2.45, 2.75) is 32.2 Å². The van der Waals surface area contributed by atoms with Crippen LogP contribution < -0.4 is 10.2 Å². The summed E-state index contributed by atoms with van der Waals surface area (Å²) < 4.78 is 1.19. The maximum absolute atomic E-state index is 3.66. The van der Waals surface area contributed by atoms with Crippen molar-refractivity contribution in [3.63, 3.8) is 0 Å². The fraction of sp³-hybridized carbons (Fsp3) is 0.600. The first-order chi connectivity index (χ1) is 8.70. The van der Waals surface area contributed by atoms with Gasteiger partial charge >= 0.3 is 0 Å². The molecule has 0 radical (unpaired) electrons. The van der Waals surface area contributed by atoms with E-state index < -0.39 is 0 Å². The van der Waals surface area contributed by atoms with Gasteiger partial charge < -0.3 is 10.2 Å². The second-order valence-electron chi connectivity index (χ2n) is 5.77. The van der Waals surface area contributed by atoms with Gasteiger partial charge in [0.1, 0.15) is 0 Å². The zero-order valence-corrected chi connectivity index (χ0v) is 12.5. The van der Waals surface area contributed by atoms with Crippen LogP contribution in [0.4, 0.5) is 5.69 Å². The van der Waals surface area contributed by atoms with Crippen LogP contribution in [-0.2, 0) is 0 Å². The van der Waals surface area contributed by atoms with Crippen molar-refractivity contribution in [1.29, 1.82) is 0 Å². The number of benzene rings is 1. The lowest BCUT2D eigenvalue weighted by Crippen LogP contribution is -2.27. The molecular weight excluding hydrogens is 288 g/mol. The zero-order valence-electron chi connectivity index (χ0n) is 11.0. The minimum absolute atomic E-state index is 0.824. The zero-order chi connectivity index (χ0) is 12.5. The Hall–Kier alpha value is -0.540. The van der Waals surface area contributed by atoms with E-state index in [0.29, 0.717) is 0 Å². The summed E-state index contributed by atoms with van der Waals surface area (Å²) in [5.74, 6) is 0.824. The summed E-state index contributed by atoms with van der Waals surface area (Å²) in [4.78, 5) is 2.52. The highest BCUT2D eigenvalue weighted by Crippen LogP contribution is 2.28. The molecule has 1 aliphatic carbocycles. The van der Waals surface area contributed by atoms with Crippen LogP contribution in [0.15, 0.2) is 22.7 Å². The molecule has 1 N–H and O–H groups in total. The van der Waals surface area contributed by atoms with E-state index >= 15 is 0 Å². The Morgan fingerprint density at radius 1 is 1.28 bits per heavy atom. The van der Waals surface area contributed by atoms with Crippen LogP contribution in [0.1, 0.15) is 24.8 Å². The lowest BCUT2D eigenvalue weighted by molar-refractivity contribution is 0.515. The van der Waals surface area contributed by atoms with E-state index in [-0.39, 0.29) is 0 Å². The first-order valence-electron chi connectivity index (χ1n) is 6.96. The number of rotatable bonds is 4. The number of hydrogen-bond donors (Lipinski definition) is 1. The van der Waals surface area contributed by atoms with Gasteiger partial charge in [-0.15, -0.1) is 0 Å². The summed E-state index contributed by atoms with van der Waals surface area (Å²) in [6.07, 6.45) is 4.10.